The Balaban J connectivity index is 1.78. The number of nitrogens with one attached hydrogen (secondary N) is 4. The Morgan fingerprint density at radius 1 is 0.829 bits per heavy atom. The van der Waals surface area contributed by atoms with Crippen LogP contribution in [0.3, 0.4) is 0 Å². The molecule has 3 rings (SSSR count). The lowest BCUT2D eigenvalue weighted by molar-refractivity contribution is -0.143. The number of fused-ring (bicyclic) bond motifs is 1. The molecule has 218 valence electrons. The molecular formula is C29H36N6O6. The Bertz CT molecular complexity index is 1390. The van der Waals surface area contributed by atoms with E-state index in [-0.39, 0.29) is 12.8 Å². The van der Waals surface area contributed by atoms with Crippen LogP contribution in [0.1, 0.15) is 31.4 Å². The summed E-state index contributed by atoms with van der Waals surface area (Å²) in [6.07, 6.45) is 1.47. The van der Waals surface area contributed by atoms with E-state index in [2.05, 4.69) is 20.9 Å². The second kappa shape index (κ2) is 14.1. The number of carboxylic acids is 1. The molecule has 12 heteroatoms. The van der Waals surface area contributed by atoms with Crippen molar-refractivity contribution in [3.63, 3.8) is 0 Å². The third-order valence-electron chi connectivity index (χ3n) is 6.64. The van der Waals surface area contributed by atoms with Crippen molar-refractivity contribution in [2.45, 2.75) is 57.3 Å². The zero-order chi connectivity index (χ0) is 30.1. The number of hydrogen-bond donors (Lipinski definition) is 7. The SMILES string of the molecule is CC(C)C(NC(=O)C(CC(N)=O)NC(=O)C(Cc1ccccc1)NC(=O)C(N)Cc1c[nH]c2ccccc12)C(=O)O. The topological polar surface area (TPSA) is 209 Å². The molecule has 0 saturated heterocycles. The van der Waals surface area contributed by atoms with Crippen LogP contribution in [-0.4, -0.2) is 63.9 Å². The Hall–Kier alpha value is -4.71. The highest BCUT2D eigenvalue weighted by Crippen LogP contribution is 2.19. The predicted octanol–water partition coefficient (Wildman–Crippen LogP) is 0.351. The molecule has 0 aliphatic heterocycles. The van der Waals surface area contributed by atoms with Gasteiger partial charge in [-0.05, 0) is 29.5 Å². The van der Waals surface area contributed by atoms with Gasteiger partial charge in [0.25, 0.3) is 0 Å². The van der Waals surface area contributed by atoms with E-state index in [9.17, 15) is 29.1 Å². The molecule has 0 saturated carbocycles. The molecule has 2 aromatic carbocycles. The quantitative estimate of drug-likeness (QED) is 0.146. The van der Waals surface area contributed by atoms with Gasteiger partial charge in [0.15, 0.2) is 0 Å². The molecule has 0 radical (unpaired) electrons. The Morgan fingerprint density at radius 3 is 2.07 bits per heavy atom. The molecule has 0 aliphatic carbocycles. The van der Waals surface area contributed by atoms with Crippen LogP contribution < -0.4 is 27.4 Å². The number of aromatic amines is 1. The van der Waals surface area contributed by atoms with Gasteiger partial charge in [0, 0.05) is 23.5 Å². The number of hydrogen-bond acceptors (Lipinski definition) is 6. The minimum absolute atomic E-state index is 0.0624. The van der Waals surface area contributed by atoms with Gasteiger partial charge < -0.3 is 37.5 Å². The summed E-state index contributed by atoms with van der Waals surface area (Å²) in [4.78, 5) is 65.9. The molecule has 4 amide bonds. The monoisotopic (exact) mass is 564 g/mol. The number of rotatable bonds is 14. The maximum atomic E-state index is 13.4. The van der Waals surface area contributed by atoms with Crippen LogP contribution in [0.4, 0.5) is 0 Å². The Kier molecular flexibility index (Phi) is 10.6. The summed E-state index contributed by atoms with van der Waals surface area (Å²) in [5.74, 6) is -4.86. The summed E-state index contributed by atoms with van der Waals surface area (Å²) >= 11 is 0. The second-order valence-electron chi connectivity index (χ2n) is 10.2. The van der Waals surface area contributed by atoms with Gasteiger partial charge in [-0.25, -0.2) is 4.79 Å². The summed E-state index contributed by atoms with van der Waals surface area (Å²) in [5, 5.41) is 17.8. The number of H-pyrrole nitrogens is 1. The van der Waals surface area contributed by atoms with Crippen LogP contribution >= 0.6 is 0 Å². The number of benzene rings is 2. The average Bonchev–Trinajstić information content (AvgIpc) is 3.33. The molecular weight excluding hydrogens is 528 g/mol. The van der Waals surface area contributed by atoms with E-state index in [0.29, 0.717) is 0 Å². The van der Waals surface area contributed by atoms with Crippen molar-refractivity contribution in [1.82, 2.24) is 20.9 Å². The minimum Gasteiger partial charge on any atom is -0.480 e. The molecule has 12 nitrogen and oxygen atoms in total. The summed E-state index contributed by atoms with van der Waals surface area (Å²) in [5.41, 5.74) is 14.0. The number of carbonyl (C=O) groups excluding carboxylic acids is 4. The molecule has 0 spiro atoms. The second-order valence-corrected chi connectivity index (χ2v) is 10.2. The normalized spacial score (nSPS) is 14.0. The van der Waals surface area contributed by atoms with Gasteiger partial charge in [-0.3, -0.25) is 19.2 Å². The number of amides is 4. The predicted molar refractivity (Wildman–Crippen MR) is 152 cm³/mol. The van der Waals surface area contributed by atoms with Gasteiger partial charge in [0.05, 0.1) is 12.5 Å². The highest BCUT2D eigenvalue weighted by atomic mass is 16.4. The number of carbonyl (C=O) groups is 5. The molecule has 0 bridgehead atoms. The highest BCUT2D eigenvalue weighted by molar-refractivity contribution is 5.96. The van der Waals surface area contributed by atoms with Crippen molar-refractivity contribution in [2.24, 2.45) is 17.4 Å². The van der Waals surface area contributed by atoms with Gasteiger partial charge in [-0.2, -0.15) is 0 Å². The first-order valence-corrected chi connectivity index (χ1v) is 13.2. The molecule has 1 heterocycles. The molecule has 3 aromatic rings. The van der Waals surface area contributed by atoms with Gasteiger partial charge in [0.2, 0.25) is 23.6 Å². The molecule has 9 N–H and O–H groups in total. The Labute approximate surface area is 237 Å². The van der Waals surface area contributed by atoms with Crippen LogP contribution in [0.2, 0.25) is 0 Å². The van der Waals surface area contributed by atoms with Crippen molar-refractivity contribution in [3.8, 4) is 0 Å². The van der Waals surface area contributed by atoms with E-state index >= 15 is 0 Å². The third-order valence-corrected chi connectivity index (χ3v) is 6.64. The van der Waals surface area contributed by atoms with E-state index in [4.69, 9.17) is 11.5 Å². The number of aromatic nitrogens is 1. The summed E-state index contributed by atoms with van der Waals surface area (Å²) in [6, 6.07) is 11.6. The fraction of sp³-hybridized carbons (Fsp3) is 0.345. The van der Waals surface area contributed by atoms with Crippen LogP contribution in [0.5, 0.6) is 0 Å². The van der Waals surface area contributed by atoms with Crippen LogP contribution in [0, 0.1) is 5.92 Å². The van der Waals surface area contributed by atoms with Crippen molar-refractivity contribution < 1.29 is 29.1 Å². The number of nitrogens with two attached hydrogens (primary N) is 2. The largest absolute Gasteiger partial charge is 0.480 e. The van der Waals surface area contributed by atoms with Crippen molar-refractivity contribution in [2.75, 3.05) is 0 Å². The minimum atomic E-state index is -1.46. The fourth-order valence-electron chi connectivity index (χ4n) is 4.42. The maximum Gasteiger partial charge on any atom is 0.326 e. The smallest absolute Gasteiger partial charge is 0.326 e. The molecule has 0 fully saturated rings. The highest BCUT2D eigenvalue weighted by Gasteiger charge is 2.32. The first-order valence-electron chi connectivity index (χ1n) is 13.2. The number of carboxylic acid groups (broad SMARTS) is 1. The first kappa shape index (κ1) is 30.8. The van der Waals surface area contributed by atoms with E-state index in [1.165, 1.54) is 0 Å². The molecule has 0 aliphatic rings. The summed E-state index contributed by atoms with van der Waals surface area (Å²) in [6.45, 7) is 3.21. The zero-order valence-electron chi connectivity index (χ0n) is 22.9. The van der Waals surface area contributed by atoms with Crippen molar-refractivity contribution >= 4 is 40.5 Å². The van der Waals surface area contributed by atoms with Crippen molar-refractivity contribution in [1.29, 1.82) is 0 Å². The molecule has 4 atom stereocenters. The molecule has 4 unspecified atom stereocenters. The zero-order valence-corrected chi connectivity index (χ0v) is 22.9. The van der Waals surface area contributed by atoms with Crippen molar-refractivity contribution in [3.05, 3.63) is 71.9 Å². The Morgan fingerprint density at radius 2 is 1.44 bits per heavy atom. The van der Waals surface area contributed by atoms with E-state index in [1.54, 1.807) is 50.4 Å². The average molecular weight is 565 g/mol. The van der Waals surface area contributed by atoms with Crippen LogP contribution in [0.25, 0.3) is 10.9 Å². The van der Waals surface area contributed by atoms with Crippen LogP contribution in [-0.2, 0) is 36.8 Å². The number of aliphatic carboxylic acids is 1. The molecule has 41 heavy (non-hydrogen) atoms. The van der Waals surface area contributed by atoms with Gasteiger partial charge in [0.1, 0.15) is 18.1 Å². The van der Waals surface area contributed by atoms with Gasteiger partial charge in [-0.1, -0.05) is 62.4 Å². The first-order chi connectivity index (χ1) is 19.5. The fourth-order valence-corrected chi connectivity index (χ4v) is 4.42. The van der Waals surface area contributed by atoms with E-state index in [0.717, 1.165) is 22.0 Å². The maximum absolute atomic E-state index is 13.4. The lowest BCUT2D eigenvalue weighted by Gasteiger charge is -2.25. The van der Waals surface area contributed by atoms with Crippen LogP contribution in [0.15, 0.2) is 60.8 Å². The third kappa shape index (κ3) is 8.64. The summed E-state index contributed by atoms with van der Waals surface area (Å²) < 4.78 is 0. The van der Waals surface area contributed by atoms with Gasteiger partial charge >= 0.3 is 5.97 Å². The van der Waals surface area contributed by atoms with E-state index in [1.807, 2.05) is 24.3 Å². The number of primary amides is 1. The lowest BCUT2D eigenvalue weighted by atomic mass is 10.0. The lowest BCUT2D eigenvalue weighted by Crippen LogP contribution is -2.58. The van der Waals surface area contributed by atoms with E-state index < -0.39 is 66.1 Å². The standard InChI is InChI=1S/C29H36N6O6/c1-16(2)25(29(40)41)35-28(39)23(14-24(31)36)34-27(38)22(12-17-8-4-3-5-9-17)33-26(37)20(30)13-18-15-32-21-11-7-6-10-19(18)21/h3-11,15-16,20,22-23,25,32H,12-14,30H2,1-2H3,(H2,31,36)(H,33,37)(H,34,38)(H,35,39)(H,40,41). The molecule has 1 aromatic heterocycles. The number of para-hydroxylation sites is 1. The summed E-state index contributed by atoms with van der Waals surface area (Å²) in [7, 11) is 0. The van der Waals surface area contributed by atoms with Gasteiger partial charge in [-0.15, -0.1) is 0 Å².